The number of aromatic nitrogens is 1. The van der Waals surface area contributed by atoms with Gasteiger partial charge in [0.15, 0.2) is 0 Å². The first-order valence-corrected chi connectivity index (χ1v) is 11.5. The second-order valence-corrected chi connectivity index (χ2v) is 9.13. The fourth-order valence-electron chi connectivity index (χ4n) is 5.01. The van der Waals surface area contributed by atoms with E-state index in [4.69, 9.17) is 4.42 Å². The van der Waals surface area contributed by atoms with E-state index in [2.05, 4.69) is 5.32 Å². The van der Waals surface area contributed by atoms with Crippen molar-refractivity contribution >= 4 is 11.8 Å². The van der Waals surface area contributed by atoms with E-state index in [0.29, 0.717) is 24.5 Å². The summed E-state index contributed by atoms with van der Waals surface area (Å²) in [6.07, 6.45) is 7.12. The van der Waals surface area contributed by atoms with Crippen LogP contribution in [-0.2, 0) is 17.9 Å². The molecule has 32 heavy (non-hydrogen) atoms. The van der Waals surface area contributed by atoms with Gasteiger partial charge in [-0.25, -0.2) is 0 Å². The maximum absolute atomic E-state index is 13.7. The molecule has 0 radical (unpaired) electrons. The Balaban J connectivity index is 1.52. The van der Waals surface area contributed by atoms with Gasteiger partial charge in [-0.3, -0.25) is 9.59 Å². The topological polar surface area (TPSA) is 67.5 Å². The van der Waals surface area contributed by atoms with Crippen molar-refractivity contribution in [3.05, 3.63) is 72.1 Å². The quantitative estimate of drug-likeness (QED) is 0.641. The molecule has 1 aromatic carbocycles. The van der Waals surface area contributed by atoms with Crippen LogP contribution in [-0.4, -0.2) is 32.9 Å². The molecule has 0 unspecified atom stereocenters. The van der Waals surface area contributed by atoms with Crippen LogP contribution < -0.4 is 5.32 Å². The highest BCUT2D eigenvalue weighted by Gasteiger charge is 2.48. The number of furan rings is 1. The zero-order valence-electron chi connectivity index (χ0n) is 18.4. The lowest BCUT2D eigenvalue weighted by atomic mass is 9.91. The number of amides is 2. The molecule has 1 saturated carbocycles. The van der Waals surface area contributed by atoms with Crippen molar-refractivity contribution in [1.82, 2.24) is 14.8 Å². The average Bonchev–Trinajstić information content (AvgIpc) is 3.48. The molecule has 1 aliphatic carbocycles. The third-order valence-corrected chi connectivity index (χ3v) is 6.89. The predicted octanol–water partition coefficient (Wildman–Crippen LogP) is 4.61. The van der Waals surface area contributed by atoms with E-state index < -0.39 is 5.54 Å². The first-order valence-electron chi connectivity index (χ1n) is 11.5. The Morgan fingerprint density at radius 1 is 1.03 bits per heavy atom. The monoisotopic (exact) mass is 431 g/mol. The number of fused-ring (bicyclic) bond motifs is 1. The Bertz CT molecular complexity index is 1100. The molecular formula is C26H29N3O3. The molecule has 5 rings (SSSR count). The van der Waals surface area contributed by atoms with Crippen molar-refractivity contribution < 1.29 is 14.0 Å². The van der Waals surface area contributed by atoms with Gasteiger partial charge in [0.1, 0.15) is 17.0 Å². The van der Waals surface area contributed by atoms with Gasteiger partial charge >= 0.3 is 0 Å². The summed E-state index contributed by atoms with van der Waals surface area (Å²) >= 11 is 0. The van der Waals surface area contributed by atoms with E-state index in [1.54, 1.807) is 11.2 Å². The smallest absolute Gasteiger partial charge is 0.271 e. The van der Waals surface area contributed by atoms with Gasteiger partial charge in [0.2, 0.25) is 5.91 Å². The van der Waals surface area contributed by atoms with Gasteiger partial charge in [0.05, 0.1) is 18.5 Å². The normalized spacial score (nSPS) is 21.4. The van der Waals surface area contributed by atoms with E-state index in [1.165, 1.54) is 6.42 Å². The van der Waals surface area contributed by atoms with Crippen LogP contribution in [0, 0.1) is 0 Å². The van der Waals surface area contributed by atoms with Gasteiger partial charge in [-0.1, -0.05) is 49.6 Å². The second-order valence-electron chi connectivity index (χ2n) is 9.13. The first-order chi connectivity index (χ1) is 15.6. The first kappa shape index (κ1) is 20.6. The molecule has 6 heteroatoms. The Morgan fingerprint density at radius 2 is 1.78 bits per heavy atom. The van der Waals surface area contributed by atoms with E-state index in [1.807, 2.05) is 66.1 Å². The number of rotatable bonds is 5. The van der Waals surface area contributed by atoms with Crippen LogP contribution in [0.1, 0.15) is 55.1 Å². The van der Waals surface area contributed by atoms with Crippen LogP contribution in [0.15, 0.2) is 65.3 Å². The van der Waals surface area contributed by atoms with Gasteiger partial charge in [-0.15, -0.1) is 0 Å². The van der Waals surface area contributed by atoms with Crippen molar-refractivity contribution in [2.45, 2.75) is 63.7 Å². The van der Waals surface area contributed by atoms with Crippen LogP contribution in [0.5, 0.6) is 0 Å². The Hall–Kier alpha value is -3.28. The number of hydrogen-bond acceptors (Lipinski definition) is 3. The molecule has 1 aliphatic heterocycles. The molecule has 2 aliphatic rings. The molecular weight excluding hydrogens is 402 g/mol. The number of carbonyl (C=O) groups is 2. The molecule has 3 aromatic rings. The molecule has 1 fully saturated rings. The third-order valence-electron chi connectivity index (χ3n) is 6.89. The molecule has 2 amide bonds. The zero-order valence-corrected chi connectivity index (χ0v) is 18.4. The SMILES string of the molecule is C[C@]1(C(=O)NC2CCCCC2)Cn2c(ccc2-c2ccco2)C(=O)N1Cc1ccccc1. The number of nitrogens with one attached hydrogen (secondary N) is 1. The van der Waals surface area contributed by atoms with E-state index in [0.717, 1.165) is 36.9 Å². The Morgan fingerprint density at radius 3 is 2.50 bits per heavy atom. The summed E-state index contributed by atoms with van der Waals surface area (Å²) in [6.45, 7) is 2.65. The van der Waals surface area contributed by atoms with Crippen LogP contribution in [0.2, 0.25) is 0 Å². The van der Waals surface area contributed by atoms with Gasteiger partial charge in [-0.05, 0) is 49.6 Å². The van der Waals surface area contributed by atoms with E-state index in [-0.39, 0.29) is 17.9 Å². The predicted molar refractivity (Wildman–Crippen MR) is 122 cm³/mol. The molecule has 0 spiro atoms. The molecule has 0 saturated heterocycles. The molecule has 0 bridgehead atoms. The van der Waals surface area contributed by atoms with Crippen molar-refractivity contribution in [3.8, 4) is 11.5 Å². The lowest BCUT2D eigenvalue weighted by Gasteiger charge is -2.45. The molecule has 1 N–H and O–H groups in total. The summed E-state index contributed by atoms with van der Waals surface area (Å²) in [4.78, 5) is 29.2. The van der Waals surface area contributed by atoms with E-state index in [9.17, 15) is 9.59 Å². The van der Waals surface area contributed by atoms with Crippen molar-refractivity contribution in [1.29, 1.82) is 0 Å². The second kappa shape index (κ2) is 8.34. The third kappa shape index (κ3) is 3.64. The minimum absolute atomic E-state index is 0.0848. The van der Waals surface area contributed by atoms with Crippen molar-refractivity contribution in [2.24, 2.45) is 0 Å². The lowest BCUT2D eigenvalue weighted by molar-refractivity contribution is -0.134. The van der Waals surface area contributed by atoms with E-state index >= 15 is 0 Å². The minimum Gasteiger partial charge on any atom is -0.463 e. The number of benzene rings is 1. The number of carbonyl (C=O) groups excluding carboxylic acids is 2. The van der Waals surface area contributed by atoms with Crippen molar-refractivity contribution in [2.75, 3.05) is 0 Å². The fraction of sp³-hybridized carbons (Fsp3) is 0.385. The highest BCUT2D eigenvalue weighted by Crippen LogP contribution is 2.34. The minimum atomic E-state index is -1.02. The molecule has 2 aromatic heterocycles. The molecule has 6 nitrogen and oxygen atoms in total. The van der Waals surface area contributed by atoms with Crippen LogP contribution in [0.4, 0.5) is 0 Å². The summed E-state index contributed by atoms with van der Waals surface area (Å²) in [5.41, 5.74) is 1.38. The van der Waals surface area contributed by atoms with Crippen LogP contribution in [0.25, 0.3) is 11.5 Å². The fourth-order valence-corrected chi connectivity index (χ4v) is 5.01. The zero-order chi connectivity index (χ0) is 22.1. The number of nitrogens with zero attached hydrogens (tertiary/aromatic N) is 2. The Labute approximate surface area is 188 Å². The van der Waals surface area contributed by atoms with Crippen LogP contribution >= 0.6 is 0 Å². The summed E-state index contributed by atoms with van der Waals surface area (Å²) in [5.74, 6) is 0.466. The van der Waals surface area contributed by atoms with Gasteiger partial charge in [0.25, 0.3) is 5.91 Å². The van der Waals surface area contributed by atoms with Gasteiger partial charge in [-0.2, -0.15) is 0 Å². The number of hydrogen-bond donors (Lipinski definition) is 1. The maximum atomic E-state index is 13.7. The molecule has 3 heterocycles. The highest BCUT2D eigenvalue weighted by molar-refractivity contribution is 6.00. The molecule has 166 valence electrons. The van der Waals surface area contributed by atoms with Crippen molar-refractivity contribution in [3.63, 3.8) is 0 Å². The molecule has 1 atom stereocenters. The highest BCUT2D eigenvalue weighted by atomic mass is 16.3. The summed E-state index contributed by atoms with van der Waals surface area (Å²) < 4.78 is 7.54. The lowest BCUT2D eigenvalue weighted by Crippen LogP contribution is -2.64. The average molecular weight is 432 g/mol. The summed E-state index contributed by atoms with van der Waals surface area (Å²) in [6, 6.07) is 17.5. The summed E-state index contributed by atoms with van der Waals surface area (Å²) in [7, 11) is 0. The largest absolute Gasteiger partial charge is 0.463 e. The summed E-state index contributed by atoms with van der Waals surface area (Å²) in [5, 5.41) is 3.27. The Kier molecular flexibility index (Phi) is 5.37. The van der Waals surface area contributed by atoms with Crippen LogP contribution in [0.3, 0.4) is 0 Å². The van der Waals surface area contributed by atoms with Gasteiger partial charge in [0, 0.05) is 12.6 Å². The maximum Gasteiger partial charge on any atom is 0.271 e. The standard InChI is InChI=1S/C26H29N3O3/c1-26(25(31)27-20-11-6-3-7-12-20)18-28-21(23-13-8-16-32-23)14-15-22(28)24(30)29(26)17-19-9-4-2-5-10-19/h2,4-5,8-10,13-16,20H,3,6-7,11-12,17-18H2,1H3,(H,27,31)/t26-/m1/s1. The van der Waals surface area contributed by atoms with Gasteiger partial charge < -0.3 is 19.2 Å².